The van der Waals surface area contributed by atoms with Gasteiger partial charge in [-0.1, -0.05) is 37.3 Å². The van der Waals surface area contributed by atoms with E-state index in [9.17, 15) is 9.90 Å². The summed E-state index contributed by atoms with van der Waals surface area (Å²) in [5, 5.41) is 10.5. The van der Waals surface area contributed by atoms with E-state index in [1.165, 1.54) is 4.90 Å². The molecule has 4 rings (SSSR count). The average molecular weight is 490 g/mol. The molecule has 0 saturated heterocycles. The Morgan fingerprint density at radius 1 is 1.11 bits per heavy atom. The predicted molar refractivity (Wildman–Crippen MR) is 143 cm³/mol. The van der Waals surface area contributed by atoms with Gasteiger partial charge in [-0.05, 0) is 51.3 Å². The fraction of sp³-hybridized carbons (Fsp3) is 0.393. The molecule has 0 spiro atoms. The van der Waals surface area contributed by atoms with Crippen molar-refractivity contribution in [1.29, 1.82) is 0 Å². The normalized spacial score (nSPS) is 11.8. The van der Waals surface area contributed by atoms with Crippen molar-refractivity contribution in [3.05, 3.63) is 59.9 Å². The summed E-state index contributed by atoms with van der Waals surface area (Å²) in [5.74, 6) is 2.08. The van der Waals surface area contributed by atoms with Gasteiger partial charge in [0.05, 0.1) is 11.0 Å². The monoisotopic (exact) mass is 489 g/mol. The molecule has 190 valence electrons. The molecule has 0 saturated carbocycles. The van der Waals surface area contributed by atoms with Crippen LogP contribution in [0.4, 0.5) is 10.6 Å². The molecular formula is C28H35N5O3. The highest BCUT2D eigenvalue weighted by Gasteiger charge is 2.25. The van der Waals surface area contributed by atoms with Crippen molar-refractivity contribution in [3.63, 3.8) is 0 Å². The van der Waals surface area contributed by atoms with Gasteiger partial charge < -0.3 is 25.0 Å². The van der Waals surface area contributed by atoms with Crippen LogP contribution in [-0.4, -0.2) is 42.7 Å². The van der Waals surface area contributed by atoms with Crippen LogP contribution >= 0.6 is 0 Å². The number of amides is 1. The van der Waals surface area contributed by atoms with Crippen LogP contribution in [0.15, 0.2) is 48.5 Å². The minimum atomic E-state index is -0.889. The van der Waals surface area contributed by atoms with Crippen LogP contribution in [0.25, 0.3) is 21.9 Å². The summed E-state index contributed by atoms with van der Waals surface area (Å²) < 4.78 is 8.21. The zero-order chi connectivity index (χ0) is 25.9. The average Bonchev–Trinajstić information content (AvgIpc) is 3.21. The molecule has 0 unspecified atom stereocenters. The van der Waals surface area contributed by atoms with Gasteiger partial charge in [0.1, 0.15) is 23.7 Å². The lowest BCUT2D eigenvalue weighted by Crippen LogP contribution is -2.45. The molecule has 3 N–H and O–H groups in total. The molecule has 1 amide bonds. The van der Waals surface area contributed by atoms with Gasteiger partial charge in [-0.3, -0.25) is 0 Å². The van der Waals surface area contributed by atoms with Gasteiger partial charge >= 0.3 is 6.09 Å². The number of nitrogens with two attached hydrogens (primary N) is 1. The summed E-state index contributed by atoms with van der Waals surface area (Å²) in [6, 6.07) is 15.9. The van der Waals surface area contributed by atoms with E-state index in [4.69, 9.17) is 15.5 Å². The maximum atomic E-state index is 11.7. The second-order valence-electron chi connectivity index (χ2n) is 9.99. The first-order valence-corrected chi connectivity index (χ1v) is 12.4. The number of hydrogen-bond donors (Lipinski definition) is 2. The topological polar surface area (TPSA) is 107 Å². The fourth-order valence-corrected chi connectivity index (χ4v) is 4.54. The van der Waals surface area contributed by atoms with Crippen molar-refractivity contribution in [2.24, 2.45) is 0 Å². The van der Waals surface area contributed by atoms with E-state index in [2.05, 4.69) is 16.5 Å². The van der Waals surface area contributed by atoms with E-state index in [0.29, 0.717) is 24.5 Å². The lowest BCUT2D eigenvalue weighted by Gasteiger charge is -2.33. The summed E-state index contributed by atoms with van der Waals surface area (Å²) >= 11 is 0. The van der Waals surface area contributed by atoms with Gasteiger partial charge in [0.15, 0.2) is 5.82 Å². The van der Waals surface area contributed by atoms with Crippen molar-refractivity contribution in [3.8, 4) is 5.75 Å². The van der Waals surface area contributed by atoms with Crippen LogP contribution in [0.5, 0.6) is 5.75 Å². The van der Waals surface area contributed by atoms with Crippen LogP contribution < -0.4 is 10.5 Å². The number of unbranched alkanes of at least 4 members (excludes halogenated alkanes) is 1. The Balaban J connectivity index is 1.59. The van der Waals surface area contributed by atoms with E-state index in [1.807, 2.05) is 69.3 Å². The number of nitrogens with zero attached hydrogens (tertiary/aromatic N) is 4. The molecule has 0 aliphatic heterocycles. The molecule has 0 radical (unpaired) electrons. The Morgan fingerprint density at radius 2 is 1.86 bits per heavy atom. The Hall–Kier alpha value is -3.81. The van der Waals surface area contributed by atoms with Gasteiger partial charge in [-0.2, -0.15) is 0 Å². The van der Waals surface area contributed by atoms with Crippen LogP contribution in [-0.2, 0) is 19.6 Å². The highest BCUT2D eigenvalue weighted by molar-refractivity contribution is 6.06. The number of carboxylic acid groups (broad SMARTS) is 1. The molecule has 4 aromatic rings. The van der Waals surface area contributed by atoms with E-state index < -0.39 is 11.6 Å². The zero-order valence-electron chi connectivity index (χ0n) is 21.5. The molecule has 8 nitrogen and oxygen atoms in total. The van der Waals surface area contributed by atoms with Crippen molar-refractivity contribution >= 4 is 33.8 Å². The third-order valence-electron chi connectivity index (χ3n) is 6.37. The van der Waals surface area contributed by atoms with E-state index in [-0.39, 0.29) is 0 Å². The van der Waals surface area contributed by atoms with E-state index in [1.54, 1.807) is 0 Å². The lowest BCUT2D eigenvalue weighted by atomic mass is 10.1. The summed E-state index contributed by atoms with van der Waals surface area (Å²) in [4.78, 5) is 22.6. The second-order valence-corrected chi connectivity index (χ2v) is 9.99. The van der Waals surface area contributed by atoms with Gasteiger partial charge in [-0.15, -0.1) is 0 Å². The SMILES string of the molecule is CCc1nc2c(N)nc3cc(OCc4ccccc4)ccc3c2n1CCCCN(C(=O)O)C(C)(C)C. The third kappa shape index (κ3) is 5.37. The first-order chi connectivity index (χ1) is 17.2. The number of imidazole rings is 1. The Morgan fingerprint density at radius 3 is 2.53 bits per heavy atom. The molecule has 36 heavy (non-hydrogen) atoms. The van der Waals surface area contributed by atoms with Crippen LogP contribution in [0.1, 0.15) is 51.9 Å². The van der Waals surface area contributed by atoms with Crippen molar-refractivity contribution in [1.82, 2.24) is 19.4 Å². The molecular weight excluding hydrogens is 454 g/mol. The van der Waals surface area contributed by atoms with Crippen LogP contribution in [0.3, 0.4) is 0 Å². The molecule has 2 aromatic carbocycles. The first-order valence-electron chi connectivity index (χ1n) is 12.4. The standard InChI is InChI=1S/C28H35N5O3/c1-5-23-31-24-25(32(23)15-9-10-16-33(27(34)35)28(2,3)4)21-14-13-20(17-22(21)30-26(24)29)36-18-19-11-7-6-8-12-19/h6-8,11-14,17H,5,9-10,15-16,18H2,1-4H3,(H2,29,30)(H,34,35). The molecule has 0 aliphatic carbocycles. The second kappa shape index (κ2) is 10.4. The van der Waals surface area contributed by atoms with Crippen LogP contribution in [0, 0.1) is 0 Å². The minimum Gasteiger partial charge on any atom is -0.489 e. The lowest BCUT2D eigenvalue weighted by molar-refractivity contribution is 0.0989. The third-order valence-corrected chi connectivity index (χ3v) is 6.37. The molecule has 2 aromatic heterocycles. The van der Waals surface area contributed by atoms with E-state index >= 15 is 0 Å². The number of pyridine rings is 1. The number of fused-ring (bicyclic) bond motifs is 3. The number of nitrogen functional groups attached to an aromatic ring is 1. The summed E-state index contributed by atoms with van der Waals surface area (Å²) in [6.07, 6.45) is 1.44. The summed E-state index contributed by atoms with van der Waals surface area (Å²) in [5.41, 5.74) is 9.45. The number of aryl methyl sites for hydroxylation is 2. The summed E-state index contributed by atoms with van der Waals surface area (Å²) in [7, 11) is 0. The Kier molecular flexibility index (Phi) is 7.33. The number of rotatable bonds is 9. The van der Waals surface area contributed by atoms with Gasteiger partial charge in [-0.25, -0.2) is 14.8 Å². The molecule has 0 fully saturated rings. The van der Waals surface area contributed by atoms with Gasteiger partial charge in [0.2, 0.25) is 0 Å². The van der Waals surface area contributed by atoms with Gasteiger partial charge in [0.25, 0.3) is 0 Å². The quantitative estimate of drug-likeness (QED) is 0.285. The molecule has 2 heterocycles. The predicted octanol–water partition coefficient (Wildman–Crippen LogP) is 5.87. The highest BCUT2D eigenvalue weighted by Crippen LogP contribution is 2.31. The van der Waals surface area contributed by atoms with Crippen molar-refractivity contribution in [2.45, 2.75) is 65.6 Å². The number of anilines is 1. The van der Waals surface area contributed by atoms with E-state index in [0.717, 1.165) is 59.4 Å². The molecule has 0 aliphatic rings. The first kappa shape index (κ1) is 25.3. The number of benzene rings is 2. The zero-order valence-corrected chi connectivity index (χ0v) is 21.5. The minimum absolute atomic E-state index is 0.399. The van der Waals surface area contributed by atoms with Gasteiger partial charge in [0, 0.05) is 36.5 Å². The maximum Gasteiger partial charge on any atom is 0.407 e. The molecule has 0 atom stereocenters. The summed E-state index contributed by atoms with van der Waals surface area (Å²) in [6.45, 7) is 9.51. The molecule has 0 bridgehead atoms. The molecule has 8 heteroatoms. The van der Waals surface area contributed by atoms with Crippen molar-refractivity contribution < 1.29 is 14.6 Å². The highest BCUT2D eigenvalue weighted by atomic mass is 16.5. The maximum absolute atomic E-state index is 11.7. The Bertz CT molecular complexity index is 1360. The number of carbonyl (C=O) groups is 1. The smallest absolute Gasteiger partial charge is 0.407 e. The van der Waals surface area contributed by atoms with Crippen LogP contribution in [0.2, 0.25) is 0 Å². The number of hydrogen-bond acceptors (Lipinski definition) is 5. The largest absolute Gasteiger partial charge is 0.489 e. The fourth-order valence-electron chi connectivity index (χ4n) is 4.54. The number of ether oxygens (including phenoxy) is 1. The Labute approximate surface area is 211 Å². The number of aromatic nitrogens is 3. The van der Waals surface area contributed by atoms with Crippen molar-refractivity contribution in [2.75, 3.05) is 12.3 Å².